The van der Waals surface area contributed by atoms with Crippen LogP contribution in [-0.2, 0) is 0 Å². The average Bonchev–Trinajstić information content (AvgIpc) is 3.64. The van der Waals surface area contributed by atoms with Crippen molar-refractivity contribution in [2.45, 2.75) is 0 Å². The van der Waals surface area contributed by atoms with E-state index in [1.807, 2.05) is 6.07 Å². The van der Waals surface area contributed by atoms with Crippen LogP contribution in [0.4, 0.5) is 17.1 Å². The lowest BCUT2D eigenvalue weighted by Crippen LogP contribution is -2.12. The van der Waals surface area contributed by atoms with Gasteiger partial charge in [0, 0.05) is 16.6 Å². The van der Waals surface area contributed by atoms with Crippen molar-refractivity contribution < 1.29 is 4.42 Å². The van der Waals surface area contributed by atoms with E-state index in [1.54, 1.807) is 0 Å². The molecule has 0 N–H and O–H groups in total. The largest absolute Gasteiger partial charge is 0.456 e. The molecule has 0 saturated heterocycles. The van der Waals surface area contributed by atoms with E-state index in [4.69, 9.17) is 4.42 Å². The molecule has 0 spiro atoms. The van der Waals surface area contributed by atoms with Crippen molar-refractivity contribution >= 4 is 49.8 Å². The molecule has 0 unspecified atom stereocenters. The third-order valence-electron chi connectivity index (χ3n) is 10.4. The highest BCUT2D eigenvalue weighted by atomic mass is 16.3. The van der Waals surface area contributed by atoms with E-state index in [9.17, 15) is 0 Å². The van der Waals surface area contributed by atoms with Crippen molar-refractivity contribution in [2.24, 2.45) is 0 Å². The Morgan fingerprint density at radius 1 is 0.315 bits per heavy atom. The standard InChI is InChI=1S/C52H35NO/c1-3-16-36(17-4-1)41-33-42(37-18-5-2-6-19-37)35-43(34-41)53(49-29-15-31-51-52(49)47-26-10-12-30-50(47)54-51)48-28-11-9-25-46(48)40-23-13-22-39(32-40)45-27-14-21-38-20-7-8-24-44(38)45/h1-35H. The summed E-state index contributed by atoms with van der Waals surface area (Å²) in [7, 11) is 0. The number of anilines is 3. The lowest BCUT2D eigenvalue weighted by atomic mass is 9.93. The summed E-state index contributed by atoms with van der Waals surface area (Å²) >= 11 is 0. The second-order valence-corrected chi connectivity index (χ2v) is 13.7. The molecule has 0 amide bonds. The van der Waals surface area contributed by atoms with Gasteiger partial charge in [0.2, 0.25) is 0 Å². The van der Waals surface area contributed by atoms with Crippen molar-refractivity contribution in [3.05, 3.63) is 212 Å². The molecule has 0 atom stereocenters. The highest BCUT2D eigenvalue weighted by Gasteiger charge is 2.23. The van der Waals surface area contributed by atoms with Gasteiger partial charge in [-0.2, -0.15) is 0 Å². The first-order chi connectivity index (χ1) is 26.8. The number of furan rings is 1. The average molecular weight is 690 g/mol. The van der Waals surface area contributed by atoms with Crippen LogP contribution in [0.2, 0.25) is 0 Å². The van der Waals surface area contributed by atoms with Crippen LogP contribution >= 0.6 is 0 Å². The van der Waals surface area contributed by atoms with Gasteiger partial charge in [-0.25, -0.2) is 0 Å². The summed E-state index contributed by atoms with van der Waals surface area (Å²) in [5.41, 5.74) is 14.2. The lowest BCUT2D eigenvalue weighted by molar-refractivity contribution is 0.669. The molecule has 0 fully saturated rings. The molecule has 254 valence electrons. The maximum absolute atomic E-state index is 6.49. The molecule has 1 heterocycles. The van der Waals surface area contributed by atoms with Crippen molar-refractivity contribution in [3.8, 4) is 44.5 Å². The molecule has 0 bridgehead atoms. The predicted molar refractivity (Wildman–Crippen MR) is 228 cm³/mol. The van der Waals surface area contributed by atoms with Crippen LogP contribution in [0.15, 0.2) is 217 Å². The zero-order valence-electron chi connectivity index (χ0n) is 29.6. The van der Waals surface area contributed by atoms with Crippen molar-refractivity contribution in [1.29, 1.82) is 0 Å². The van der Waals surface area contributed by atoms with E-state index >= 15 is 0 Å². The first kappa shape index (κ1) is 31.6. The quantitative estimate of drug-likeness (QED) is 0.166. The monoisotopic (exact) mass is 689 g/mol. The number of hydrogen-bond donors (Lipinski definition) is 0. The fourth-order valence-corrected chi connectivity index (χ4v) is 7.93. The minimum Gasteiger partial charge on any atom is -0.456 e. The van der Waals surface area contributed by atoms with Crippen LogP contribution in [0.3, 0.4) is 0 Å². The van der Waals surface area contributed by atoms with E-state index in [0.717, 1.165) is 61.3 Å². The number of benzene rings is 9. The summed E-state index contributed by atoms with van der Waals surface area (Å²) in [6, 6.07) is 76.0. The topological polar surface area (TPSA) is 16.4 Å². The van der Waals surface area contributed by atoms with E-state index in [0.29, 0.717) is 0 Å². The smallest absolute Gasteiger partial charge is 0.137 e. The lowest BCUT2D eigenvalue weighted by Gasteiger charge is -2.29. The summed E-state index contributed by atoms with van der Waals surface area (Å²) in [6.07, 6.45) is 0. The highest BCUT2D eigenvalue weighted by Crippen LogP contribution is 2.48. The Kier molecular flexibility index (Phi) is 7.85. The van der Waals surface area contributed by atoms with Crippen molar-refractivity contribution in [3.63, 3.8) is 0 Å². The van der Waals surface area contributed by atoms with Gasteiger partial charge in [0.05, 0.1) is 16.8 Å². The molecule has 0 aliphatic carbocycles. The maximum Gasteiger partial charge on any atom is 0.137 e. The molecular weight excluding hydrogens is 655 g/mol. The minimum absolute atomic E-state index is 0.858. The summed E-state index contributed by atoms with van der Waals surface area (Å²) in [4.78, 5) is 2.43. The Hall–Kier alpha value is -7.16. The fraction of sp³-hybridized carbons (Fsp3) is 0. The van der Waals surface area contributed by atoms with Gasteiger partial charge in [0.1, 0.15) is 11.2 Å². The van der Waals surface area contributed by atoms with Crippen LogP contribution in [0.1, 0.15) is 0 Å². The molecule has 0 aliphatic rings. The molecule has 9 aromatic carbocycles. The van der Waals surface area contributed by atoms with Gasteiger partial charge < -0.3 is 9.32 Å². The number of para-hydroxylation sites is 2. The SMILES string of the molecule is c1ccc(-c2cc(-c3ccccc3)cc(N(c3ccccc3-c3cccc(-c4cccc5ccccc45)c3)c3cccc4oc5ccccc5c34)c2)cc1. The normalized spacial score (nSPS) is 11.3. The minimum atomic E-state index is 0.858. The predicted octanol–water partition coefficient (Wildman–Crippen LogP) is 14.9. The van der Waals surface area contributed by atoms with E-state index in [-0.39, 0.29) is 0 Å². The van der Waals surface area contributed by atoms with Gasteiger partial charge in [-0.15, -0.1) is 0 Å². The maximum atomic E-state index is 6.49. The van der Waals surface area contributed by atoms with Crippen LogP contribution in [0, 0.1) is 0 Å². The Bertz CT molecular complexity index is 2880. The van der Waals surface area contributed by atoms with Gasteiger partial charge in [-0.1, -0.05) is 164 Å². The third kappa shape index (κ3) is 5.62. The van der Waals surface area contributed by atoms with Gasteiger partial charge >= 0.3 is 0 Å². The van der Waals surface area contributed by atoms with Crippen LogP contribution < -0.4 is 4.90 Å². The number of nitrogens with zero attached hydrogens (tertiary/aromatic N) is 1. The van der Waals surface area contributed by atoms with Crippen molar-refractivity contribution in [2.75, 3.05) is 4.90 Å². The molecule has 2 nitrogen and oxygen atoms in total. The Morgan fingerprint density at radius 2 is 0.815 bits per heavy atom. The molecule has 54 heavy (non-hydrogen) atoms. The second-order valence-electron chi connectivity index (χ2n) is 13.7. The zero-order valence-corrected chi connectivity index (χ0v) is 29.6. The fourth-order valence-electron chi connectivity index (χ4n) is 7.93. The van der Waals surface area contributed by atoms with E-state index in [2.05, 4.69) is 211 Å². The number of hydrogen-bond acceptors (Lipinski definition) is 2. The molecule has 0 radical (unpaired) electrons. The molecule has 1 aromatic heterocycles. The summed E-state index contributed by atoms with van der Waals surface area (Å²) in [6.45, 7) is 0. The van der Waals surface area contributed by atoms with Crippen LogP contribution in [0.5, 0.6) is 0 Å². The van der Waals surface area contributed by atoms with Crippen LogP contribution in [-0.4, -0.2) is 0 Å². The third-order valence-corrected chi connectivity index (χ3v) is 10.4. The second kappa shape index (κ2) is 13.4. The molecule has 0 saturated carbocycles. The summed E-state index contributed by atoms with van der Waals surface area (Å²) in [5.74, 6) is 0. The van der Waals surface area contributed by atoms with Gasteiger partial charge in [0.25, 0.3) is 0 Å². The molecule has 2 heteroatoms. The Morgan fingerprint density at radius 3 is 1.59 bits per heavy atom. The van der Waals surface area contributed by atoms with Crippen LogP contribution in [0.25, 0.3) is 77.2 Å². The molecule has 10 aromatic rings. The first-order valence-electron chi connectivity index (χ1n) is 18.4. The zero-order chi connectivity index (χ0) is 35.8. The molecule has 10 rings (SSSR count). The number of fused-ring (bicyclic) bond motifs is 4. The van der Waals surface area contributed by atoms with E-state index < -0.39 is 0 Å². The van der Waals surface area contributed by atoms with Gasteiger partial charge in [-0.05, 0) is 98.2 Å². The summed E-state index contributed by atoms with van der Waals surface area (Å²) in [5, 5.41) is 4.65. The highest BCUT2D eigenvalue weighted by molar-refractivity contribution is 6.14. The summed E-state index contributed by atoms with van der Waals surface area (Å²) < 4.78 is 6.49. The molecule has 0 aliphatic heterocycles. The van der Waals surface area contributed by atoms with Crippen molar-refractivity contribution in [1.82, 2.24) is 0 Å². The van der Waals surface area contributed by atoms with Gasteiger partial charge in [-0.3, -0.25) is 0 Å². The van der Waals surface area contributed by atoms with Gasteiger partial charge in [0.15, 0.2) is 0 Å². The van der Waals surface area contributed by atoms with E-state index in [1.165, 1.54) is 33.0 Å². The Labute approximate surface area is 314 Å². The first-order valence-corrected chi connectivity index (χ1v) is 18.4. The molecular formula is C52H35NO. The Balaban J connectivity index is 1.25. The number of rotatable bonds is 7.